The summed E-state index contributed by atoms with van der Waals surface area (Å²) in [5, 5.41) is 0.395. The summed E-state index contributed by atoms with van der Waals surface area (Å²) in [4.78, 5) is 11.5. The number of ether oxygens (including phenoxy) is 1. The van der Waals surface area contributed by atoms with Crippen molar-refractivity contribution in [1.82, 2.24) is 0 Å². The first-order valence-electron chi connectivity index (χ1n) is 9.61. The molecule has 1 aromatic heterocycles. The number of furan rings is 1. The molecule has 0 aliphatic carbocycles. The highest BCUT2D eigenvalue weighted by Gasteiger charge is 2.23. The lowest BCUT2D eigenvalue weighted by molar-refractivity contribution is 0.0600. The zero-order chi connectivity index (χ0) is 24.5. The Morgan fingerprint density at radius 2 is 1.59 bits per heavy atom. The second-order valence-electron chi connectivity index (χ2n) is 7.02. The first-order valence-corrected chi connectivity index (χ1v) is 13.0. The first-order chi connectivity index (χ1) is 16.1. The summed E-state index contributed by atoms with van der Waals surface area (Å²) in [5.41, 5.74) is 0.195. The number of hydrogen-bond donors (Lipinski definition) is 2. The quantitative estimate of drug-likeness (QED) is 0.343. The molecule has 1 heterocycles. The summed E-state index contributed by atoms with van der Waals surface area (Å²) in [5.74, 6) is -0.706. The molecular weight excluding hydrogens is 504 g/mol. The number of esters is 1. The molecule has 0 radical (unpaired) electrons. The lowest BCUT2D eigenvalue weighted by atomic mass is 10.2. The van der Waals surface area contributed by atoms with E-state index in [1.165, 1.54) is 49.6 Å². The topological polar surface area (TPSA) is 132 Å². The minimum Gasteiger partial charge on any atom is -0.465 e. The highest BCUT2D eigenvalue weighted by molar-refractivity contribution is 7.93. The van der Waals surface area contributed by atoms with Gasteiger partial charge in [-0.1, -0.05) is 35.9 Å². The van der Waals surface area contributed by atoms with Gasteiger partial charge in [0, 0.05) is 16.5 Å². The van der Waals surface area contributed by atoms with Gasteiger partial charge in [-0.2, -0.15) is 8.42 Å². The van der Waals surface area contributed by atoms with E-state index >= 15 is 0 Å². The molecule has 34 heavy (non-hydrogen) atoms. The Labute approximate surface area is 200 Å². The number of sulfonamides is 2. The Bertz CT molecular complexity index is 1580. The lowest BCUT2D eigenvalue weighted by Crippen LogP contribution is -2.17. The Hall–Kier alpha value is -3.54. The Kier molecular flexibility index (Phi) is 6.26. The SMILES string of the molecule is COC(=O)c1cccc(S(=O)(=O)Nc2ccc(Cl)cc2NS(=O)(=O)c2cc3ccccc3o2)c1. The molecule has 0 atom stereocenters. The largest absolute Gasteiger partial charge is 0.465 e. The molecule has 0 saturated carbocycles. The molecule has 12 heteroatoms. The highest BCUT2D eigenvalue weighted by Crippen LogP contribution is 2.31. The van der Waals surface area contributed by atoms with Crippen molar-refractivity contribution < 1.29 is 30.8 Å². The van der Waals surface area contributed by atoms with E-state index in [0.717, 1.165) is 6.07 Å². The van der Waals surface area contributed by atoms with Crippen LogP contribution in [0.5, 0.6) is 0 Å². The van der Waals surface area contributed by atoms with E-state index in [9.17, 15) is 21.6 Å². The van der Waals surface area contributed by atoms with Gasteiger partial charge >= 0.3 is 5.97 Å². The van der Waals surface area contributed by atoms with Gasteiger partial charge in [0.05, 0.1) is 28.9 Å². The van der Waals surface area contributed by atoms with Crippen LogP contribution in [0.15, 0.2) is 87.2 Å². The summed E-state index contributed by atoms with van der Waals surface area (Å²) in [6.07, 6.45) is 0. The van der Waals surface area contributed by atoms with Crippen molar-refractivity contribution in [3.8, 4) is 0 Å². The van der Waals surface area contributed by atoms with Crippen molar-refractivity contribution in [1.29, 1.82) is 0 Å². The fourth-order valence-electron chi connectivity index (χ4n) is 3.09. The second-order valence-corrected chi connectivity index (χ2v) is 10.8. The van der Waals surface area contributed by atoms with Crippen LogP contribution in [-0.2, 0) is 24.8 Å². The molecule has 3 aromatic carbocycles. The molecule has 0 aliphatic rings. The first kappa shape index (κ1) is 23.6. The van der Waals surface area contributed by atoms with Crippen LogP contribution in [0.3, 0.4) is 0 Å². The number of carbonyl (C=O) groups is 1. The minimum absolute atomic E-state index is 0.0345. The number of benzene rings is 3. The van der Waals surface area contributed by atoms with E-state index < -0.39 is 26.0 Å². The maximum atomic E-state index is 13.0. The summed E-state index contributed by atoms with van der Waals surface area (Å²) in [7, 11) is -7.26. The molecule has 0 unspecified atom stereocenters. The van der Waals surface area contributed by atoms with Crippen molar-refractivity contribution in [2.45, 2.75) is 9.99 Å². The van der Waals surface area contributed by atoms with Crippen LogP contribution in [0.25, 0.3) is 11.0 Å². The second kappa shape index (κ2) is 9.01. The zero-order valence-corrected chi connectivity index (χ0v) is 19.9. The van der Waals surface area contributed by atoms with Crippen LogP contribution in [0.1, 0.15) is 10.4 Å². The number of anilines is 2. The molecule has 4 aromatic rings. The zero-order valence-electron chi connectivity index (χ0n) is 17.5. The molecule has 0 saturated heterocycles. The maximum absolute atomic E-state index is 13.0. The number of fused-ring (bicyclic) bond motifs is 1. The van der Waals surface area contributed by atoms with Crippen LogP contribution in [0.4, 0.5) is 11.4 Å². The van der Waals surface area contributed by atoms with Crippen LogP contribution in [-0.4, -0.2) is 29.9 Å². The van der Waals surface area contributed by atoms with E-state index in [1.54, 1.807) is 24.3 Å². The Morgan fingerprint density at radius 1 is 0.853 bits per heavy atom. The molecule has 4 rings (SSSR count). The molecule has 0 spiro atoms. The van der Waals surface area contributed by atoms with Gasteiger partial charge in [0.2, 0.25) is 5.09 Å². The average Bonchev–Trinajstić information content (AvgIpc) is 3.26. The summed E-state index contributed by atoms with van der Waals surface area (Å²) >= 11 is 6.03. The fraction of sp³-hybridized carbons (Fsp3) is 0.0455. The lowest BCUT2D eigenvalue weighted by Gasteiger charge is -2.14. The van der Waals surface area contributed by atoms with Gasteiger partial charge in [0.1, 0.15) is 5.58 Å². The van der Waals surface area contributed by atoms with E-state index in [1.807, 2.05) is 0 Å². The number of para-hydroxylation sites is 1. The van der Waals surface area contributed by atoms with Gasteiger partial charge in [-0.25, -0.2) is 13.2 Å². The minimum atomic E-state index is -4.23. The van der Waals surface area contributed by atoms with E-state index in [2.05, 4.69) is 14.2 Å². The number of carbonyl (C=O) groups excluding carboxylic acids is 1. The van der Waals surface area contributed by atoms with Gasteiger partial charge in [-0.15, -0.1) is 0 Å². The van der Waals surface area contributed by atoms with Crippen molar-refractivity contribution in [3.05, 3.63) is 83.4 Å². The normalized spacial score (nSPS) is 11.8. The van der Waals surface area contributed by atoms with Gasteiger partial charge in [-0.05, 0) is 42.5 Å². The standard InChI is InChI=1S/C22H17ClN2O7S2/c1-31-22(26)15-6-4-7-17(11-15)33(27,28)24-18-10-9-16(23)13-19(18)25-34(29,30)21-12-14-5-2-3-8-20(14)32-21/h2-13,24-25H,1H3. The third-order valence-electron chi connectivity index (χ3n) is 4.70. The molecule has 0 bridgehead atoms. The Balaban J connectivity index is 1.68. The number of nitrogens with one attached hydrogen (secondary N) is 2. The molecular formula is C22H17ClN2O7S2. The van der Waals surface area contributed by atoms with Crippen LogP contribution < -0.4 is 9.44 Å². The maximum Gasteiger partial charge on any atom is 0.337 e. The van der Waals surface area contributed by atoms with Crippen molar-refractivity contribution >= 4 is 60.0 Å². The summed E-state index contributed by atoms with van der Waals surface area (Å²) < 4.78 is 66.5. The van der Waals surface area contributed by atoms with Gasteiger partial charge in [0.25, 0.3) is 20.0 Å². The summed E-state index contributed by atoms with van der Waals surface area (Å²) in [6.45, 7) is 0. The van der Waals surface area contributed by atoms with Crippen LogP contribution in [0, 0.1) is 0 Å². The van der Waals surface area contributed by atoms with Gasteiger partial charge in [0.15, 0.2) is 0 Å². The van der Waals surface area contributed by atoms with E-state index in [-0.39, 0.29) is 31.9 Å². The predicted molar refractivity (Wildman–Crippen MR) is 127 cm³/mol. The van der Waals surface area contributed by atoms with E-state index in [0.29, 0.717) is 11.0 Å². The molecule has 2 N–H and O–H groups in total. The molecule has 0 fully saturated rings. The van der Waals surface area contributed by atoms with E-state index in [4.69, 9.17) is 16.0 Å². The van der Waals surface area contributed by atoms with Crippen LogP contribution >= 0.6 is 11.6 Å². The number of methoxy groups -OCH3 is 1. The predicted octanol–water partition coefficient (Wildman–Crippen LogP) is 4.47. The Morgan fingerprint density at radius 3 is 2.32 bits per heavy atom. The smallest absolute Gasteiger partial charge is 0.337 e. The monoisotopic (exact) mass is 520 g/mol. The number of hydrogen-bond acceptors (Lipinski definition) is 7. The highest BCUT2D eigenvalue weighted by atomic mass is 35.5. The molecule has 9 nitrogen and oxygen atoms in total. The fourth-order valence-corrected chi connectivity index (χ4v) is 5.42. The van der Waals surface area contributed by atoms with Crippen LogP contribution in [0.2, 0.25) is 5.02 Å². The molecule has 176 valence electrons. The van der Waals surface area contributed by atoms with Crippen molar-refractivity contribution in [2.24, 2.45) is 0 Å². The number of rotatable bonds is 7. The third-order valence-corrected chi connectivity index (χ3v) is 7.52. The average molecular weight is 521 g/mol. The summed E-state index contributed by atoms with van der Waals surface area (Å²) in [6, 6.07) is 17.3. The van der Waals surface area contributed by atoms with Crippen molar-refractivity contribution in [3.63, 3.8) is 0 Å². The van der Waals surface area contributed by atoms with Crippen molar-refractivity contribution in [2.75, 3.05) is 16.6 Å². The van der Waals surface area contributed by atoms with Gasteiger partial charge < -0.3 is 9.15 Å². The molecule has 0 amide bonds. The number of halogens is 1. The van der Waals surface area contributed by atoms with Gasteiger partial charge in [-0.3, -0.25) is 9.44 Å². The molecule has 0 aliphatic heterocycles. The third kappa shape index (κ3) is 4.86.